The summed E-state index contributed by atoms with van der Waals surface area (Å²) in [7, 11) is 0. The molecular weight excluding hydrogens is 459 g/mol. The third-order valence-electron chi connectivity index (χ3n) is 5.46. The van der Waals surface area contributed by atoms with Crippen molar-refractivity contribution in [1.82, 2.24) is 15.8 Å². The molecule has 3 rings (SSSR count). The van der Waals surface area contributed by atoms with E-state index in [1.807, 2.05) is 32.0 Å². The van der Waals surface area contributed by atoms with Crippen LogP contribution >= 0.6 is 11.6 Å². The lowest BCUT2D eigenvalue weighted by Crippen LogP contribution is -2.48. The van der Waals surface area contributed by atoms with Gasteiger partial charge in [-0.05, 0) is 44.4 Å². The van der Waals surface area contributed by atoms with Gasteiger partial charge in [0.1, 0.15) is 5.82 Å². The number of halogens is 4. The Hall–Kier alpha value is -3.01. The number of pyridine rings is 1. The standard InChI is InChI=1S/C22H25ClF3N5O2/c1-13-3-4-18(14(2)9-13)27-12-19(32)29-30-21(33)15-5-7-31(8-6-15)20-17(23)10-16(11-28-20)22(24,25)26/h3-4,9-11,15,27H,5-8,12H2,1-2H3,(H,29,32)(H,30,33). The Kier molecular flexibility index (Phi) is 7.68. The van der Waals surface area contributed by atoms with Gasteiger partial charge in [0.25, 0.3) is 5.91 Å². The second-order valence-corrected chi connectivity index (χ2v) is 8.41. The summed E-state index contributed by atoms with van der Waals surface area (Å²) in [6.07, 6.45) is -2.87. The van der Waals surface area contributed by atoms with E-state index in [2.05, 4.69) is 21.2 Å². The lowest BCUT2D eigenvalue weighted by molar-refractivity contribution is -0.137. The number of amides is 2. The van der Waals surface area contributed by atoms with Crippen LogP contribution in [0.5, 0.6) is 0 Å². The van der Waals surface area contributed by atoms with Crippen molar-refractivity contribution in [2.75, 3.05) is 29.9 Å². The Morgan fingerprint density at radius 3 is 2.45 bits per heavy atom. The molecule has 178 valence electrons. The molecule has 2 amide bonds. The molecule has 33 heavy (non-hydrogen) atoms. The molecule has 2 aromatic rings. The molecule has 0 aliphatic carbocycles. The fourth-order valence-electron chi connectivity index (χ4n) is 3.64. The van der Waals surface area contributed by atoms with Crippen molar-refractivity contribution >= 4 is 34.9 Å². The SMILES string of the molecule is Cc1ccc(NCC(=O)NNC(=O)C2CCN(c3ncc(C(F)(F)F)cc3Cl)CC2)c(C)c1. The fraction of sp³-hybridized carbons (Fsp3) is 0.409. The number of nitrogens with zero attached hydrogens (tertiary/aromatic N) is 2. The van der Waals surface area contributed by atoms with Crippen LogP contribution in [0.3, 0.4) is 0 Å². The highest BCUT2D eigenvalue weighted by Crippen LogP contribution is 2.34. The van der Waals surface area contributed by atoms with Crippen molar-refractivity contribution in [3.8, 4) is 0 Å². The smallest absolute Gasteiger partial charge is 0.376 e. The Labute approximate surface area is 194 Å². The number of hydrazine groups is 1. The molecule has 7 nitrogen and oxygen atoms in total. The number of carbonyl (C=O) groups is 2. The van der Waals surface area contributed by atoms with E-state index in [1.165, 1.54) is 0 Å². The molecule has 0 bridgehead atoms. The lowest BCUT2D eigenvalue weighted by Gasteiger charge is -2.32. The Morgan fingerprint density at radius 2 is 1.85 bits per heavy atom. The predicted molar refractivity (Wildman–Crippen MR) is 120 cm³/mol. The predicted octanol–water partition coefficient (Wildman–Crippen LogP) is 3.85. The normalized spacial score (nSPS) is 14.7. The number of anilines is 2. The molecule has 1 aromatic heterocycles. The molecule has 0 atom stereocenters. The molecule has 1 aliphatic heterocycles. The van der Waals surface area contributed by atoms with Crippen LogP contribution in [0.1, 0.15) is 29.5 Å². The summed E-state index contributed by atoms with van der Waals surface area (Å²) in [5.41, 5.74) is 6.90. The minimum atomic E-state index is -4.51. The van der Waals surface area contributed by atoms with Crippen LogP contribution in [0.25, 0.3) is 0 Å². The Balaban J connectivity index is 1.44. The van der Waals surface area contributed by atoms with E-state index in [0.29, 0.717) is 25.9 Å². The summed E-state index contributed by atoms with van der Waals surface area (Å²) < 4.78 is 38.4. The first-order valence-corrected chi connectivity index (χ1v) is 10.8. The van der Waals surface area contributed by atoms with Crippen LogP contribution in [0.4, 0.5) is 24.7 Å². The van der Waals surface area contributed by atoms with Crippen molar-refractivity contribution in [3.05, 3.63) is 52.2 Å². The van der Waals surface area contributed by atoms with Gasteiger partial charge in [0.2, 0.25) is 5.91 Å². The maximum Gasteiger partial charge on any atom is 0.417 e. The number of hydrogen-bond acceptors (Lipinski definition) is 5. The van der Waals surface area contributed by atoms with Crippen molar-refractivity contribution in [3.63, 3.8) is 0 Å². The van der Waals surface area contributed by atoms with Crippen molar-refractivity contribution in [1.29, 1.82) is 0 Å². The van der Waals surface area contributed by atoms with Crippen LogP contribution < -0.4 is 21.1 Å². The lowest BCUT2D eigenvalue weighted by atomic mass is 9.96. The molecule has 0 radical (unpaired) electrons. The minimum Gasteiger partial charge on any atom is -0.376 e. The van der Waals surface area contributed by atoms with Gasteiger partial charge in [-0.3, -0.25) is 20.4 Å². The van der Waals surface area contributed by atoms with Crippen LogP contribution in [0.2, 0.25) is 5.02 Å². The summed E-state index contributed by atoms with van der Waals surface area (Å²) in [6, 6.07) is 6.68. The van der Waals surface area contributed by atoms with Gasteiger partial charge >= 0.3 is 6.18 Å². The van der Waals surface area contributed by atoms with Crippen LogP contribution in [0.15, 0.2) is 30.5 Å². The van der Waals surface area contributed by atoms with Gasteiger partial charge in [0, 0.05) is 30.9 Å². The molecule has 1 aromatic carbocycles. The minimum absolute atomic E-state index is 0.000709. The maximum absolute atomic E-state index is 12.8. The number of piperidine rings is 1. The highest BCUT2D eigenvalue weighted by atomic mass is 35.5. The number of aryl methyl sites for hydroxylation is 2. The number of aromatic nitrogens is 1. The van der Waals surface area contributed by atoms with E-state index in [0.717, 1.165) is 29.1 Å². The largest absolute Gasteiger partial charge is 0.417 e. The van der Waals surface area contributed by atoms with Gasteiger partial charge < -0.3 is 10.2 Å². The molecule has 0 spiro atoms. The van der Waals surface area contributed by atoms with Crippen molar-refractivity contribution < 1.29 is 22.8 Å². The van der Waals surface area contributed by atoms with Crippen LogP contribution in [-0.4, -0.2) is 36.4 Å². The summed E-state index contributed by atoms with van der Waals surface area (Å²) in [4.78, 5) is 30.1. The third-order valence-corrected chi connectivity index (χ3v) is 5.74. The Bertz CT molecular complexity index is 1020. The van der Waals surface area contributed by atoms with Gasteiger partial charge in [-0.15, -0.1) is 0 Å². The van der Waals surface area contributed by atoms with E-state index < -0.39 is 11.7 Å². The average molecular weight is 484 g/mol. The molecule has 1 fully saturated rings. The van der Waals surface area contributed by atoms with E-state index in [4.69, 9.17) is 11.6 Å². The van der Waals surface area contributed by atoms with Crippen LogP contribution in [0, 0.1) is 19.8 Å². The first-order chi connectivity index (χ1) is 15.5. The topological polar surface area (TPSA) is 86.4 Å². The number of benzene rings is 1. The first-order valence-electron chi connectivity index (χ1n) is 10.4. The second kappa shape index (κ2) is 10.3. The highest BCUT2D eigenvalue weighted by molar-refractivity contribution is 6.33. The summed E-state index contributed by atoms with van der Waals surface area (Å²) in [5, 5.41) is 2.94. The molecular formula is C22H25ClF3N5O2. The van der Waals surface area contributed by atoms with E-state index in [1.54, 1.807) is 4.90 Å². The van der Waals surface area contributed by atoms with Gasteiger partial charge in [0.05, 0.1) is 17.1 Å². The van der Waals surface area contributed by atoms with Crippen molar-refractivity contribution in [2.24, 2.45) is 5.92 Å². The number of rotatable bonds is 5. The van der Waals surface area contributed by atoms with Crippen molar-refractivity contribution in [2.45, 2.75) is 32.9 Å². The number of carbonyl (C=O) groups excluding carboxylic acids is 2. The molecule has 1 saturated heterocycles. The van der Waals surface area contributed by atoms with E-state index in [-0.39, 0.29) is 35.1 Å². The summed E-state index contributed by atoms with van der Waals surface area (Å²) >= 11 is 6.01. The number of nitrogens with one attached hydrogen (secondary N) is 3. The zero-order valence-corrected chi connectivity index (χ0v) is 19.0. The number of alkyl halides is 3. The number of hydrogen-bond donors (Lipinski definition) is 3. The van der Waals surface area contributed by atoms with E-state index in [9.17, 15) is 22.8 Å². The summed E-state index contributed by atoms with van der Waals surface area (Å²) in [6.45, 7) is 4.73. The molecule has 3 N–H and O–H groups in total. The van der Waals surface area contributed by atoms with Gasteiger partial charge in [-0.1, -0.05) is 29.3 Å². The first kappa shape index (κ1) is 24.6. The molecule has 11 heteroatoms. The molecule has 0 unspecified atom stereocenters. The van der Waals surface area contributed by atoms with Gasteiger partial charge in [-0.25, -0.2) is 4.98 Å². The molecule has 2 heterocycles. The zero-order chi connectivity index (χ0) is 24.2. The van der Waals surface area contributed by atoms with Gasteiger partial charge in [-0.2, -0.15) is 13.2 Å². The Morgan fingerprint density at radius 1 is 1.15 bits per heavy atom. The van der Waals surface area contributed by atoms with E-state index >= 15 is 0 Å². The second-order valence-electron chi connectivity index (χ2n) is 8.00. The monoisotopic (exact) mass is 483 g/mol. The molecule has 0 saturated carbocycles. The zero-order valence-electron chi connectivity index (χ0n) is 18.2. The summed E-state index contributed by atoms with van der Waals surface area (Å²) in [5.74, 6) is -0.793. The highest BCUT2D eigenvalue weighted by Gasteiger charge is 2.33. The third kappa shape index (κ3) is 6.50. The quantitative estimate of drug-likeness (QED) is 0.562. The maximum atomic E-state index is 12.8. The molecule has 1 aliphatic rings. The van der Waals surface area contributed by atoms with Gasteiger partial charge in [0.15, 0.2) is 0 Å². The average Bonchev–Trinajstić information content (AvgIpc) is 2.76. The van der Waals surface area contributed by atoms with Crippen LogP contribution in [-0.2, 0) is 15.8 Å². The fourth-order valence-corrected chi connectivity index (χ4v) is 3.92.